The number of hydrogen-bond donors (Lipinski definition) is 7. The number of fused-ring (bicyclic) bond motifs is 2. The van der Waals surface area contributed by atoms with E-state index in [0.29, 0.717) is 55.4 Å². The van der Waals surface area contributed by atoms with Crippen molar-refractivity contribution >= 4 is 56.9 Å². The highest BCUT2D eigenvalue weighted by Crippen LogP contribution is 2.45. The number of benzene rings is 5. The number of hydrogen-bond acceptors (Lipinski definition) is 11. The molecule has 5 rings (SSSR count). The van der Waals surface area contributed by atoms with Crippen molar-refractivity contribution in [1.29, 1.82) is 5.41 Å². The van der Waals surface area contributed by atoms with Crippen LogP contribution in [0, 0.1) is 22.2 Å². The van der Waals surface area contributed by atoms with Gasteiger partial charge in [-0.25, -0.2) is 4.79 Å². The molecule has 0 unspecified atom stereocenters. The first-order valence-electron chi connectivity index (χ1n) is 23.3. The SMILES string of the molecule is CC(C)CCOc1ccc2ccccc2c1-c1c(OCC(=O)N[C@H](CCCCN)C(=O)N[C@H](CCCNC(=N)N)C(=O)N[C@@H](CC(C)C)C(=O)OCc2ccc(N=O)cc2)ccc2ccccc12. The van der Waals surface area contributed by atoms with Crippen molar-refractivity contribution in [3.63, 3.8) is 0 Å². The number of nitrogens with zero attached hydrogens (tertiary/aromatic N) is 1. The quantitative estimate of drug-likeness (QED) is 0.00893. The molecule has 68 heavy (non-hydrogen) atoms. The van der Waals surface area contributed by atoms with Crippen LogP contribution in [0.15, 0.2) is 102 Å². The van der Waals surface area contributed by atoms with E-state index in [-0.39, 0.29) is 50.0 Å². The number of esters is 1. The number of nitroso groups, excluding NO2 is 1. The largest absolute Gasteiger partial charge is 0.493 e. The molecule has 0 aliphatic carbocycles. The van der Waals surface area contributed by atoms with E-state index in [1.807, 2.05) is 86.6 Å². The summed E-state index contributed by atoms with van der Waals surface area (Å²) in [6.45, 7) is 8.68. The van der Waals surface area contributed by atoms with Gasteiger partial charge in [0.2, 0.25) is 11.8 Å². The lowest BCUT2D eigenvalue weighted by atomic mass is 9.92. The molecule has 0 aliphatic heterocycles. The van der Waals surface area contributed by atoms with Gasteiger partial charge in [0.25, 0.3) is 5.91 Å². The number of unbranched alkanes of at least 4 members (excludes halogenated alkanes) is 1. The van der Waals surface area contributed by atoms with Crippen molar-refractivity contribution in [3.8, 4) is 22.6 Å². The van der Waals surface area contributed by atoms with Crippen molar-refractivity contribution in [1.82, 2.24) is 21.3 Å². The number of ether oxygens (including phenoxy) is 3. The Morgan fingerprint density at radius 1 is 0.662 bits per heavy atom. The van der Waals surface area contributed by atoms with Gasteiger partial charge in [-0.3, -0.25) is 19.8 Å². The van der Waals surface area contributed by atoms with Gasteiger partial charge >= 0.3 is 5.97 Å². The van der Waals surface area contributed by atoms with Gasteiger partial charge in [0.15, 0.2) is 12.6 Å². The minimum atomic E-state index is -1.15. The summed E-state index contributed by atoms with van der Waals surface area (Å²) in [5.74, 6) is -1.18. The fourth-order valence-electron chi connectivity index (χ4n) is 7.74. The minimum Gasteiger partial charge on any atom is -0.493 e. The molecule has 16 heteroatoms. The molecule has 5 aromatic rings. The third-order valence-corrected chi connectivity index (χ3v) is 11.3. The number of carbonyl (C=O) groups excluding carboxylic acids is 4. The zero-order chi connectivity index (χ0) is 49.0. The molecule has 0 fully saturated rings. The lowest BCUT2D eigenvalue weighted by molar-refractivity contribution is -0.150. The first-order chi connectivity index (χ1) is 32.8. The van der Waals surface area contributed by atoms with E-state index >= 15 is 0 Å². The van der Waals surface area contributed by atoms with Crippen molar-refractivity contribution < 1.29 is 33.4 Å². The predicted octanol–water partition coefficient (Wildman–Crippen LogP) is 7.50. The van der Waals surface area contributed by atoms with Crippen LogP contribution in [0.25, 0.3) is 32.7 Å². The zero-order valence-corrected chi connectivity index (χ0v) is 39.5. The van der Waals surface area contributed by atoms with Crippen molar-refractivity contribution in [2.75, 3.05) is 26.3 Å². The fourth-order valence-corrected chi connectivity index (χ4v) is 7.74. The second kappa shape index (κ2) is 26.3. The van der Waals surface area contributed by atoms with Crippen LogP contribution in [0.5, 0.6) is 11.5 Å². The molecule has 0 aliphatic rings. The van der Waals surface area contributed by atoms with Crippen LogP contribution in [0.1, 0.15) is 78.2 Å². The van der Waals surface area contributed by atoms with Gasteiger partial charge < -0.3 is 46.9 Å². The maximum absolute atomic E-state index is 14.2. The molecule has 0 aromatic heterocycles. The maximum atomic E-state index is 14.2. The van der Waals surface area contributed by atoms with Crippen LogP contribution in [0.3, 0.4) is 0 Å². The summed E-state index contributed by atoms with van der Waals surface area (Å²) in [5, 5.41) is 25.4. The van der Waals surface area contributed by atoms with E-state index in [2.05, 4.69) is 40.3 Å². The summed E-state index contributed by atoms with van der Waals surface area (Å²) in [6, 6.07) is 26.8. The molecular weight excluding hydrogens is 865 g/mol. The number of nitrogens with one attached hydrogen (secondary N) is 5. The summed E-state index contributed by atoms with van der Waals surface area (Å²) in [5.41, 5.74) is 13.8. The molecule has 3 amide bonds. The molecule has 5 aromatic carbocycles. The Hall–Kier alpha value is -7.07. The summed E-state index contributed by atoms with van der Waals surface area (Å²) < 4.78 is 18.4. The lowest BCUT2D eigenvalue weighted by Crippen LogP contribution is -2.56. The summed E-state index contributed by atoms with van der Waals surface area (Å²) >= 11 is 0. The molecule has 16 nitrogen and oxygen atoms in total. The number of amides is 3. The Morgan fingerprint density at radius 2 is 1.24 bits per heavy atom. The van der Waals surface area contributed by atoms with Crippen LogP contribution < -0.4 is 42.2 Å². The molecule has 3 atom stereocenters. The number of guanidine groups is 1. The normalized spacial score (nSPS) is 12.5. The van der Waals surface area contributed by atoms with Crippen LogP contribution in [-0.4, -0.2) is 74.1 Å². The van der Waals surface area contributed by atoms with Crippen LogP contribution in [0.2, 0.25) is 0 Å². The molecule has 0 bridgehead atoms. The summed E-state index contributed by atoms with van der Waals surface area (Å²) in [7, 11) is 0. The Morgan fingerprint density at radius 3 is 1.81 bits per heavy atom. The van der Waals surface area contributed by atoms with E-state index in [0.717, 1.165) is 39.1 Å². The Bertz CT molecular complexity index is 2500. The standard InChI is InChI=1S/C52H66N8O8/c1-33(2)26-29-66-44-24-20-36-12-5-7-14-39(36)47(44)48-40-15-8-6-13-37(40)21-25-45(48)67-32-46(61)57-41(16-9-10-27-53)49(62)58-42(17-11-28-56-52(54)55)50(63)59-43(30-34(3)4)51(64)68-31-35-18-22-38(60-65)23-19-35/h5-8,12-15,18-25,33-34,41-43H,9-11,16-17,26-32,53H2,1-4H3,(H,57,61)(H,58,62)(H,59,63)(H4,54,55,56)/t41-,42-,43+/m1/s1. The van der Waals surface area contributed by atoms with Gasteiger partial charge in [-0.2, -0.15) is 0 Å². The molecule has 0 saturated heterocycles. The molecule has 362 valence electrons. The zero-order valence-electron chi connectivity index (χ0n) is 39.5. The Kier molecular flexibility index (Phi) is 20.1. The van der Waals surface area contributed by atoms with Crippen LogP contribution in [0.4, 0.5) is 5.69 Å². The summed E-state index contributed by atoms with van der Waals surface area (Å²) in [6.07, 6.45) is 2.83. The number of carbonyl (C=O) groups is 4. The molecule has 0 saturated carbocycles. The lowest BCUT2D eigenvalue weighted by Gasteiger charge is -2.26. The maximum Gasteiger partial charge on any atom is 0.328 e. The average Bonchev–Trinajstić information content (AvgIpc) is 3.32. The van der Waals surface area contributed by atoms with E-state index in [1.54, 1.807) is 12.1 Å². The van der Waals surface area contributed by atoms with Gasteiger partial charge in [-0.1, -0.05) is 100 Å². The molecular formula is C52H66N8O8. The van der Waals surface area contributed by atoms with Gasteiger partial charge in [0.1, 0.15) is 41.9 Å². The van der Waals surface area contributed by atoms with E-state index in [9.17, 15) is 24.1 Å². The monoisotopic (exact) mass is 931 g/mol. The summed E-state index contributed by atoms with van der Waals surface area (Å²) in [4.78, 5) is 66.4. The van der Waals surface area contributed by atoms with E-state index in [4.69, 9.17) is 31.1 Å². The van der Waals surface area contributed by atoms with Gasteiger partial charge in [0.05, 0.1) is 6.61 Å². The second-order valence-electron chi connectivity index (χ2n) is 17.6. The van der Waals surface area contributed by atoms with Crippen molar-refractivity contribution in [2.24, 2.45) is 28.5 Å². The fraction of sp³-hybridized carbons (Fsp3) is 0.404. The highest BCUT2D eigenvalue weighted by atomic mass is 16.5. The van der Waals surface area contributed by atoms with Crippen molar-refractivity contribution in [3.05, 3.63) is 108 Å². The minimum absolute atomic E-state index is 0.0224. The van der Waals surface area contributed by atoms with E-state index in [1.165, 1.54) is 12.1 Å². The number of nitrogens with two attached hydrogens (primary N) is 2. The Balaban J connectivity index is 1.36. The van der Waals surface area contributed by atoms with Gasteiger partial charge in [0, 0.05) is 17.7 Å². The van der Waals surface area contributed by atoms with Crippen molar-refractivity contribution in [2.45, 2.75) is 97.4 Å². The predicted molar refractivity (Wildman–Crippen MR) is 266 cm³/mol. The molecule has 0 radical (unpaired) electrons. The Labute approximate surface area is 398 Å². The molecule has 9 N–H and O–H groups in total. The van der Waals surface area contributed by atoms with Crippen LogP contribution in [-0.2, 0) is 30.5 Å². The number of rotatable bonds is 27. The van der Waals surface area contributed by atoms with Gasteiger partial charge in [-0.15, -0.1) is 4.91 Å². The third kappa shape index (κ3) is 15.5. The second-order valence-corrected chi connectivity index (χ2v) is 17.6. The van der Waals surface area contributed by atoms with Gasteiger partial charge in [-0.05, 0) is 120 Å². The third-order valence-electron chi connectivity index (χ3n) is 11.3. The highest BCUT2D eigenvalue weighted by molar-refractivity contribution is 6.10. The molecule has 0 spiro atoms. The first-order valence-corrected chi connectivity index (χ1v) is 23.3. The average molecular weight is 931 g/mol. The molecule has 0 heterocycles. The highest BCUT2D eigenvalue weighted by Gasteiger charge is 2.31. The first kappa shape index (κ1) is 51.9. The smallest absolute Gasteiger partial charge is 0.328 e. The van der Waals surface area contributed by atoms with E-state index < -0.39 is 48.4 Å². The topological polar surface area (TPSA) is 249 Å². The van der Waals surface area contributed by atoms with Crippen LogP contribution >= 0.6 is 0 Å².